The van der Waals surface area contributed by atoms with Gasteiger partial charge in [0.15, 0.2) is 16.6 Å². The van der Waals surface area contributed by atoms with Crippen molar-refractivity contribution in [2.24, 2.45) is 0 Å². The zero-order valence-corrected chi connectivity index (χ0v) is 14.3. The summed E-state index contributed by atoms with van der Waals surface area (Å²) in [5.41, 5.74) is 1.86. The Morgan fingerprint density at radius 3 is 2.21 bits per heavy atom. The first-order valence-electron chi connectivity index (χ1n) is 6.99. The van der Waals surface area contributed by atoms with Gasteiger partial charge in [-0.25, -0.2) is 0 Å². The third-order valence-electron chi connectivity index (χ3n) is 3.31. The molecule has 0 radical (unpaired) electrons. The van der Waals surface area contributed by atoms with Gasteiger partial charge >= 0.3 is 0 Å². The van der Waals surface area contributed by atoms with E-state index < -0.39 is 4.92 Å². The van der Waals surface area contributed by atoms with E-state index in [0.717, 1.165) is 0 Å². The number of rotatable bonds is 5. The molecule has 0 saturated heterocycles. The third kappa shape index (κ3) is 4.11. The Morgan fingerprint density at radius 2 is 1.62 bits per heavy atom. The van der Waals surface area contributed by atoms with Crippen LogP contribution in [0.25, 0.3) is 0 Å². The van der Waals surface area contributed by atoms with Gasteiger partial charge in [-0.2, -0.15) is 0 Å². The summed E-state index contributed by atoms with van der Waals surface area (Å²) in [5.74, 6) is 1.17. The molecule has 0 aromatic heterocycles. The van der Waals surface area contributed by atoms with Gasteiger partial charge in [0, 0.05) is 29.1 Å². The Morgan fingerprint density at radius 1 is 1.04 bits per heavy atom. The molecule has 2 rings (SSSR count). The van der Waals surface area contributed by atoms with E-state index in [1.54, 1.807) is 51.5 Å². The summed E-state index contributed by atoms with van der Waals surface area (Å²) >= 11 is 5.24. The summed E-state index contributed by atoms with van der Waals surface area (Å²) < 4.78 is 10.4. The number of nitrogens with zero attached hydrogens (tertiary/aromatic N) is 1. The van der Waals surface area contributed by atoms with Crippen LogP contribution in [0.3, 0.4) is 0 Å². The monoisotopic (exact) mass is 347 g/mol. The second-order valence-electron chi connectivity index (χ2n) is 4.91. The molecular weight excluding hydrogens is 330 g/mol. The number of anilines is 2. The van der Waals surface area contributed by atoms with Crippen molar-refractivity contribution < 1.29 is 14.4 Å². The predicted octanol–water partition coefficient (Wildman–Crippen LogP) is 3.73. The molecule has 126 valence electrons. The van der Waals surface area contributed by atoms with Gasteiger partial charge in [0.25, 0.3) is 5.69 Å². The molecule has 0 atom stereocenters. The van der Waals surface area contributed by atoms with Crippen LogP contribution in [0.1, 0.15) is 5.56 Å². The minimum atomic E-state index is -0.425. The van der Waals surface area contributed by atoms with Crippen LogP contribution in [-0.4, -0.2) is 24.3 Å². The van der Waals surface area contributed by atoms with E-state index in [9.17, 15) is 10.1 Å². The van der Waals surface area contributed by atoms with Gasteiger partial charge in [0.05, 0.1) is 19.1 Å². The summed E-state index contributed by atoms with van der Waals surface area (Å²) in [6.45, 7) is 1.68. The molecule has 8 heteroatoms. The first kappa shape index (κ1) is 17.5. The van der Waals surface area contributed by atoms with E-state index >= 15 is 0 Å². The fourth-order valence-electron chi connectivity index (χ4n) is 2.09. The molecule has 2 aromatic rings. The van der Waals surface area contributed by atoms with Crippen molar-refractivity contribution in [1.82, 2.24) is 0 Å². The maximum Gasteiger partial charge on any atom is 0.274 e. The van der Waals surface area contributed by atoms with Gasteiger partial charge in [-0.15, -0.1) is 0 Å². The lowest BCUT2D eigenvalue weighted by Gasteiger charge is -2.13. The second kappa shape index (κ2) is 7.60. The molecule has 0 aliphatic heterocycles. The lowest BCUT2D eigenvalue weighted by atomic mass is 10.2. The molecule has 0 spiro atoms. The van der Waals surface area contributed by atoms with Crippen LogP contribution in [0.15, 0.2) is 36.4 Å². The third-order valence-corrected chi connectivity index (χ3v) is 3.51. The van der Waals surface area contributed by atoms with Gasteiger partial charge in [-0.3, -0.25) is 10.1 Å². The zero-order valence-electron chi connectivity index (χ0n) is 13.5. The Labute approximate surface area is 144 Å². The maximum atomic E-state index is 11.0. The number of methoxy groups -OCH3 is 2. The van der Waals surface area contributed by atoms with Crippen molar-refractivity contribution in [3.8, 4) is 11.5 Å². The lowest BCUT2D eigenvalue weighted by molar-refractivity contribution is -0.385. The molecule has 0 bridgehead atoms. The van der Waals surface area contributed by atoms with Crippen LogP contribution in [0, 0.1) is 17.0 Å². The molecule has 0 heterocycles. The summed E-state index contributed by atoms with van der Waals surface area (Å²) in [5, 5.41) is 17.2. The topological polar surface area (TPSA) is 85.7 Å². The molecule has 0 fully saturated rings. The fourth-order valence-corrected chi connectivity index (χ4v) is 2.33. The zero-order chi connectivity index (χ0) is 17.7. The van der Waals surface area contributed by atoms with E-state index in [0.29, 0.717) is 33.5 Å². The van der Waals surface area contributed by atoms with Gasteiger partial charge in [-0.1, -0.05) is 6.07 Å². The Hall–Kier alpha value is -2.87. The van der Waals surface area contributed by atoms with Gasteiger partial charge in [0.2, 0.25) is 0 Å². The van der Waals surface area contributed by atoms with Crippen LogP contribution < -0.4 is 20.1 Å². The number of benzene rings is 2. The fraction of sp³-hybridized carbons (Fsp3) is 0.188. The lowest BCUT2D eigenvalue weighted by Crippen LogP contribution is -2.19. The molecule has 0 aliphatic carbocycles. The highest BCUT2D eigenvalue weighted by Gasteiger charge is 2.12. The summed E-state index contributed by atoms with van der Waals surface area (Å²) in [4.78, 5) is 10.6. The number of ether oxygens (including phenoxy) is 2. The number of nitro groups is 1. The SMILES string of the molecule is COc1ccc(NC(=S)Nc2ccc(C)c([N+](=O)[O-])c2)cc1OC. The number of thiocarbonyl (C=S) groups is 1. The van der Waals surface area contributed by atoms with Crippen molar-refractivity contribution in [3.63, 3.8) is 0 Å². The smallest absolute Gasteiger partial charge is 0.274 e. The molecule has 0 amide bonds. The summed E-state index contributed by atoms with van der Waals surface area (Å²) in [6.07, 6.45) is 0. The average Bonchev–Trinajstić information content (AvgIpc) is 2.56. The Kier molecular flexibility index (Phi) is 5.54. The minimum Gasteiger partial charge on any atom is -0.493 e. The van der Waals surface area contributed by atoms with E-state index in [1.165, 1.54) is 6.07 Å². The van der Waals surface area contributed by atoms with Crippen LogP contribution in [0.4, 0.5) is 17.1 Å². The van der Waals surface area contributed by atoms with Crippen LogP contribution in [-0.2, 0) is 0 Å². The van der Waals surface area contributed by atoms with E-state index in [1.807, 2.05) is 0 Å². The van der Waals surface area contributed by atoms with Crippen molar-refractivity contribution in [2.45, 2.75) is 6.92 Å². The molecular formula is C16H17N3O4S. The molecule has 24 heavy (non-hydrogen) atoms. The summed E-state index contributed by atoms with van der Waals surface area (Å²) in [7, 11) is 3.10. The highest BCUT2D eigenvalue weighted by atomic mass is 32.1. The van der Waals surface area contributed by atoms with E-state index in [4.69, 9.17) is 21.7 Å². The first-order valence-corrected chi connectivity index (χ1v) is 7.40. The quantitative estimate of drug-likeness (QED) is 0.484. The van der Waals surface area contributed by atoms with Crippen LogP contribution >= 0.6 is 12.2 Å². The first-order chi connectivity index (χ1) is 11.4. The largest absolute Gasteiger partial charge is 0.493 e. The average molecular weight is 347 g/mol. The van der Waals surface area contributed by atoms with Crippen LogP contribution in [0.2, 0.25) is 0 Å². The van der Waals surface area contributed by atoms with Crippen LogP contribution in [0.5, 0.6) is 11.5 Å². The number of aryl methyl sites for hydroxylation is 1. The highest BCUT2D eigenvalue weighted by Crippen LogP contribution is 2.30. The molecule has 7 nitrogen and oxygen atoms in total. The van der Waals surface area contributed by atoms with E-state index in [-0.39, 0.29) is 5.69 Å². The number of hydrogen-bond donors (Lipinski definition) is 2. The standard InChI is InChI=1S/C16H17N3O4S/c1-10-4-5-11(8-13(10)19(20)21)17-16(24)18-12-6-7-14(22-2)15(9-12)23-3/h4-9H,1-3H3,(H2,17,18,24). The van der Waals surface area contributed by atoms with Crippen molar-refractivity contribution in [1.29, 1.82) is 0 Å². The molecule has 0 saturated carbocycles. The molecule has 2 N–H and O–H groups in total. The second-order valence-corrected chi connectivity index (χ2v) is 5.32. The molecule has 0 aliphatic rings. The van der Waals surface area contributed by atoms with Crippen molar-refractivity contribution in [2.75, 3.05) is 24.9 Å². The van der Waals surface area contributed by atoms with Gasteiger partial charge in [-0.05, 0) is 37.3 Å². The number of nitrogens with one attached hydrogen (secondary N) is 2. The number of nitro benzene ring substituents is 1. The van der Waals surface area contributed by atoms with E-state index in [2.05, 4.69) is 10.6 Å². The molecule has 0 unspecified atom stereocenters. The van der Waals surface area contributed by atoms with Crippen molar-refractivity contribution in [3.05, 3.63) is 52.1 Å². The van der Waals surface area contributed by atoms with Crippen molar-refractivity contribution >= 4 is 34.4 Å². The normalized spacial score (nSPS) is 9.96. The number of hydrogen-bond acceptors (Lipinski definition) is 5. The van der Waals surface area contributed by atoms with Gasteiger partial charge in [0.1, 0.15) is 0 Å². The maximum absolute atomic E-state index is 11.0. The highest BCUT2D eigenvalue weighted by molar-refractivity contribution is 7.80. The van der Waals surface area contributed by atoms with Gasteiger partial charge < -0.3 is 20.1 Å². The summed E-state index contributed by atoms with van der Waals surface area (Å²) in [6, 6.07) is 10.1. The Balaban J connectivity index is 2.11. The Bertz CT molecular complexity index is 780. The minimum absolute atomic E-state index is 0.0360. The predicted molar refractivity (Wildman–Crippen MR) is 97.2 cm³/mol. The molecule has 2 aromatic carbocycles.